The zero-order valence-electron chi connectivity index (χ0n) is 36.9. The van der Waals surface area contributed by atoms with Gasteiger partial charge < -0.3 is 19.8 Å². The van der Waals surface area contributed by atoms with Crippen LogP contribution >= 0.6 is 0 Å². The summed E-state index contributed by atoms with van der Waals surface area (Å²) in [6.45, 7) is 1.71. The van der Waals surface area contributed by atoms with E-state index in [9.17, 15) is 9.59 Å². The quantitative estimate of drug-likeness (QED) is 0.126. The van der Waals surface area contributed by atoms with E-state index in [-0.39, 0.29) is 11.8 Å². The third-order valence-electron chi connectivity index (χ3n) is 14.0. The molecule has 4 aliphatic heterocycles. The number of hydrogen-bond acceptors (Lipinski definition) is 5. The van der Waals surface area contributed by atoms with Crippen LogP contribution in [0.15, 0.2) is 128 Å². The van der Waals surface area contributed by atoms with Gasteiger partial charge in [-0.15, -0.1) is 0 Å². The van der Waals surface area contributed by atoms with Crippen molar-refractivity contribution in [3.63, 3.8) is 0 Å². The second-order valence-corrected chi connectivity index (χ2v) is 18.6. The summed E-state index contributed by atoms with van der Waals surface area (Å²) in [7, 11) is 0. The molecule has 13 heteroatoms. The lowest BCUT2D eigenvalue weighted by Crippen LogP contribution is -2.45. The minimum absolute atomic E-state index is 0.290. The van der Waals surface area contributed by atoms with Crippen LogP contribution in [-0.4, -0.2) is 97.5 Å². The lowest BCUT2D eigenvalue weighted by Gasteiger charge is -2.37. The average molecular weight is 898 g/mol. The summed E-state index contributed by atoms with van der Waals surface area (Å²) in [5, 5.41) is 0. The van der Waals surface area contributed by atoms with E-state index in [1.165, 1.54) is 9.80 Å². The topological polar surface area (TPSA) is 91.6 Å². The first-order valence-corrected chi connectivity index (χ1v) is 23.4. The molecule has 2 aromatic heterocycles. The van der Waals surface area contributed by atoms with Gasteiger partial charge >= 0.3 is 0 Å². The number of likely N-dealkylation sites (tertiary alicyclic amines) is 4. The number of nitrogens with zero attached hydrogens (tertiary/aromatic N) is 5. The Morgan fingerprint density at radius 3 is 1.50 bits per heavy atom. The minimum Gasteiger partial charge on any atom is -0.363 e. The van der Waals surface area contributed by atoms with Crippen molar-refractivity contribution in [3.05, 3.63) is 150 Å². The molecule has 0 radical (unpaired) electrons. The van der Waals surface area contributed by atoms with Crippen LogP contribution in [0.5, 0.6) is 0 Å². The van der Waals surface area contributed by atoms with Crippen molar-refractivity contribution in [1.29, 1.82) is 0 Å². The van der Waals surface area contributed by atoms with Crippen molar-refractivity contribution in [2.45, 2.75) is 87.4 Å². The smallest absolute Gasteiger partial charge is 0.267 e. The Labute approximate surface area is 382 Å². The molecule has 4 aromatic carbocycles. The number of rotatable bonds is 11. The number of benzene rings is 4. The second-order valence-electron chi connectivity index (χ2n) is 18.6. The number of imidazole rings is 1. The Morgan fingerprint density at radius 1 is 0.561 bits per heavy atom. The molecule has 2 amide bonds. The van der Waals surface area contributed by atoms with Gasteiger partial charge in [0.25, 0.3) is 11.8 Å². The molecule has 9 nitrogen and oxygen atoms in total. The number of halogens is 4. The van der Waals surface area contributed by atoms with Crippen LogP contribution in [0.1, 0.15) is 98.2 Å². The molecular weight excluding hydrogens is 843 g/mol. The van der Waals surface area contributed by atoms with Gasteiger partial charge in [0, 0.05) is 24.7 Å². The van der Waals surface area contributed by atoms with Gasteiger partial charge in [0.2, 0.25) is 11.8 Å². The number of piperidine rings is 2. The van der Waals surface area contributed by atoms with Crippen LogP contribution in [0.2, 0.25) is 0 Å². The van der Waals surface area contributed by atoms with Crippen LogP contribution < -0.4 is 0 Å². The number of aromatic amines is 2. The molecule has 0 bridgehead atoms. The van der Waals surface area contributed by atoms with Gasteiger partial charge in [-0.3, -0.25) is 19.4 Å². The van der Waals surface area contributed by atoms with Crippen molar-refractivity contribution in [3.8, 4) is 33.5 Å². The number of H-pyrrole nitrogens is 2. The van der Waals surface area contributed by atoms with Gasteiger partial charge in [0.05, 0.1) is 37.1 Å². The largest absolute Gasteiger partial charge is 0.363 e. The monoisotopic (exact) mass is 897 g/mol. The zero-order valence-corrected chi connectivity index (χ0v) is 36.9. The van der Waals surface area contributed by atoms with Gasteiger partial charge in [-0.25, -0.2) is 22.5 Å². The molecule has 6 heterocycles. The molecule has 4 fully saturated rings. The third-order valence-corrected chi connectivity index (χ3v) is 14.0. The molecule has 0 unspecified atom stereocenters. The molecule has 6 aromatic rings. The summed E-state index contributed by atoms with van der Waals surface area (Å²) in [5.41, 5.74) is 7.36. The number of nitrogens with one attached hydrogen (secondary N) is 2. The SMILES string of the molecule is O=C([C@@H](c1ccccc1)N1CCCCC1)N1CC(F)(F)C[C@H]1c1cc(-c2ccc(-c3ccc(-c4cnc([C@@H]5CC(F)(F)CN5C(=O)[C@@H](c5ccccc5)N5CCCCC5)[nH]4)cc3)cc2)c[nH]1. The highest BCUT2D eigenvalue weighted by molar-refractivity contribution is 5.85. The lowest BCUT2D eigenvalue weighted by atomic mass is 9.99. The van der Waals surface area contributed by atoms with Gasteiger partial charge in [0.15, 0.2) is 0 Å². The second kappa shape index (κ2) is 18.3. The van der Waals surface area contributed by atoms with Crippen molar-refractivity contribution < 1.29 is 27.2 Å². The Kier molecular flexibility index (Phi) is 12.2. The maximum atomic E-state index is 15.2. The predicted octanol–water partition coefficient (Wildman–Crippen LogP) is 11.0. The van der Waals surface area contributed by atoms with E-state index in [2.05, 4.69) is 24.8 Å². The molecule has 0 saturated carbocycles. The Bertz CT molecular complexity index is 2420. The summed E-state index contributed by atoms with van der Waals surface area (Å²) >= 11 is 0. The first kappa shape index (κ1) is 43.8. The van der Waals surface area contributed by atoms with Crippen molar-refractivity contribution in [2.75, 3.05) is 39.3 Å². The summed E-state index contributed by atoms with van der Waals surface area (Å²) in [5.74, 6) is -6.34. The molecule has 4 atom stereocenters. The van der Waals surface area contributed by atoms with E-state index >= 15 is 17.6 Å². The number of alkyl halides is 4. The fourth-order valence-electron chi connectivity index (χ4n) is 10.7. The number of carbonyl (C=O) groups excluding carboxylic acids is 2. The molecule has 342 valence electrons. The number of aromatic nitrogens is 3. The third kappa shape index (κ3) is 9.07. The highest BCUT2D eigenvalue weighted by Gasteiger charge is 2.52. The van der Waals surface area contributed by atoms with E-state index in [1.807, 2.05) is 121 Å². The zero-order chi connectivity index (χ0) is 45.4. The standard InChI is InChI=1S/C53H55F4N7O2/c54-52(55)30-45(63(34-52)50(65)47(40-13-5-1-6-14-40)61-25-9-3-10-26-61)43-29-42(32-58-43)38-19-17-36(18-20-38)37-21-23-39(24-22-37)44-33-59-49(60-44)46-31-53(56,57)35-64(46)51(66)48(41-15-7-2-8-16-41)62-27-11-4-12-28-62/h1-2,5-8,13-24,29,32-33,45-48,58H,3-4,9-12,25-28,30-31,34-35H2,(H,59,60)/t45-,46-,47+,48+/m0/s1. The van der Waals surface area contributed by atoms with Crippen LogP contribution in [-0.2, 0) is 9.59 Å². The van der Waals surface area contributed by atoms with Gasteiger partial charge in [-0.1, -0.05) is 122 Å². The predicted molar refractivity (Wildman–Crippen MR) is 246 cm³/mol. The minimum atomic E-state index is -3.05. The van der Waals surface area contributed by atoms with Gasteiger partial charge in [0.1, 0.15) is 17.9 Å². The highest BCUT2D eigenvalue weighted by atomic mass is 19.3. The average Bonchev–Trinajstić information content (AvgIpc) is 4.16. The van der Waals surface area contributed by atoms with Crippen LogP contribution in [0.3, 0.4) is 0 Å². The van der Waals surface area contributed by atoms with E-state index < -0.39 is 61.9 Å². The number of hydrogen-bond donors (Lipinski definition) is 2. The van der Waals surface area contributed by atoms with E-state index in [1.54, 1.807) is 6.20 Å². The number of amides is 2. The maximum absolute atomic E-state index is 15.2. The summed E-state index contributed by atoms with van der Waals surface area (Å²) in [4.78, 5) is 46.8. The van der Waals surface area contributed by atoms with E-state index in [4.69, 9.17) is 0 Å². The molecule has 0 aliphatic carbocycles. The molecule has 0 spiro atoms. The summed E-state index contributed by atoms with van der Waals surface area (Å²) < 4.78 is 60.9. The fraction of sp³-hybridized carbons (Fsp3) is 0.377. The molecule has 66 heavy (non-hydrogen) atoms. The van der Waals surface area contributed by atoms with Crippen molar-refractivity contribution in [1.82, 2.24) is 34.6 Å². The number of carbonyl (C=O) groups is 2. The van der Waals surface area contributed by atoms with E-state index in [0.29, 0.717) is 17.2 Å². The van der Waals surface area contributed by atoms with Gasteiger partial charge in [-0.2, -0.15) is 0 Å². The first-order valence-electron chi connectivity index (χ1n) is 23.4. The molecule has 4 aliphatic rings. The Hall–Kier alpha value is -6.05. The van der Waals surface area contributed by atoms with Crippen molar-refractivity contribution in [2.24, 2.45) is 0 Å². The first-order chi connectivity index (χ1) is 32.0. The van der Waals surface area contributed by atoms with Gasteiger partial charge in [-0.05, 0) is 96.9 Å². The van der Waals surface area contributed by atoms with Crippen LogP contribution in [0, 0.1) is 0 Å². The highest BCUT2D eigenvalue weighted by Crippen LogP contribution is 2.45. The maximum Gasteiger partial charge on any atom is 0.267 e. The Balaban J connectivity index is 0.832. The molecule has 10 rings (SSSR count). The molecule has 4 saturated heterocycles. The van der Waals surface area contributed by atoms with E-state index in [0.717, 1.165) is 104 Å². The summed E-state index contributed by atoms with van der Waals surface area (Å²) in [6, 6.07) is 33.8. The molecular formula is C53H55F4N7O2. The Morgan fingerprint density at radius 2 is 1.00 bits per heavy atom. The van der Waals surface area contributed by atoms with Crippen LogP contribution in [0.4, 0.5) is 17.6 Å². The molecule has 2 N–H and O–H groups in total. The summed E-state index contributed by atoms with van der Waals surface area (Å²) in [6.07, 6.45) is 8.55. The fourth-order valence-corrected chi connectivity index (χ4v) is 10.7. The van der Waals surface area contributed by atoms with Crippen LogP contribution in [0.25, 0.3) is 33.5 Å². The normalized spacial score (nSPS) is 22.1. The van der Waals surface area contributed by atoms with Crippen molar-refractivity contribution >= 4 is 11.8 Å². The lowest BCUT2D eigenvalue weighted by molar-refractivity contribution is -0.140.